The van der Waals surface area contributed by atoms with Crippen LogP contribution < -0.4 is 0 Å². The fourth-order valence-electron chi connectivity index (χ4n) is 0.987. The first-order valence-electron chi connectivity index (χ1n) is 4.56. The van der Waals surface area contributed by atoms with Crippen LogP contribution in [-0.2, 0) is 11.3 Å². The van der Waals surface area contributed by atoms with Crippen molar-refractivity contribution in [2.45, 2.75) is 33.0 Å². The molecule has 4 nitrogen and oxygen atoms in total. The predicted molar refractivity (Wildman–Crippen MR) is 50.2 cm³/mol. The van der Waals surface area contributed by atoms with E-state index < -0.39 is 5.97 Å². The van der Waals surface area contributed by atoms with Crippen LogP contribution in [0.15, 0.2) is 16.7 Å². The van der Waals surface area contributed by atoms with Gasteiger partial charge in [0.2, 0.25) is 5.76 Å². The molecule has 4 heteroatoms. The largest absolute Gasteiger partial charge is 0.475 e. The van der Waals surface area contributed by atoms with Crippen molar-refractivity contribution in [3.8, 4) is 0 Å². The van der Waals surface area contributed by atoms with E-state index in [9.17, 15) is 4.79 Å². The molecule has 0 amide bonds. The number of hydrogen-bond acceptors (Lipinski definition) is 3. The van der Waals surface area contributed by atoms with E-state index in [2.05, 4.69) is 0 Å². The van der Waals surface area contributed by atoms with Crippen molar-refractivity contribution >= 4 is 5.97 Å². The van der Waals surface area contributed by atoms with E-state index in [1.807, 2.05) is 13.8 Å². The van der Waals surface area contributed by atoms with Crippen LogP contribution in [0.1, 0.15) is 36.4 Å². The van der Waals surface area contributed by atoms with E-state index in [0.717, 1.165) is 6.42 Å². The summed E-state index contributed by atoms with van der Waals surface area (Å²) in [5, 5.41) is 8.73. The summed E-state index contributed by atoms with van der Waals surface area (Å²) in [6.07, 6.45) is 2.39. The Hall–Kier alpha value is -1.29. The minimum absolute atomic E-state index is 0.0340. The number of ether oxygens (including phenoxy) is 1. The topological polar surface area (TPSA) is 59.7 Å². The highest BCUT2D eigenvalue weighted by atomic mass is 16.5. The maximum Gasteiger partial charge on any atom is 0.372 e. The Kier molecular flexibility index (Phi) is 3.71. The number of carbonyl (C=O) groups is 1. The summed E-state index contributed by atoms with van der Waals surface area (Å²) in [6, 6.07) is 1.62. The molecule has 0 saturated heterocycles. The Bertz CT molecular complexity index is 303. The first-order chi connectivity index (χ1) is 6.65. The molecule has 1 heterocycles. The monoisotopic (exact) mass is 198 g/mol. The van der Waals surface area contributed by atoms with Gasteiger partial charge in [0.25, 0.3) is 0 Å². The number of aromatic carboxylic acids is 1. The zero-order valence-electron chi connectivity index (χ0n) is 8.32. The quantitative estimate of drug-likeness (QED) is 0.788. The number of carboxylic acids is 1. The first kappa shape index (κ1) is 10.8. The zero-order chi connectivity index (χ0) is 10.6. The highest BCUT2D eigenvalue weighted by Crippen LogP contribution is 2.13. The number of furan rings is 1. The van der Waals surface area contributed by atoms with Gasteiger partial charge in [0.05, 0.1) is 19.0 Å². The smallest absolute Gasteiger partial charge is 0.372 e. The summed E-state index contributed by atoms with van der Waals surface area (Å²) in [6.45, 7) is 4.24. The third kappa shape index (κ3) is 2.60. The SMILES string of the molecule is CCC(C)OCc1ccoc1C(=O)O. The third-order valence-corrected chi connectivity index (χ3v) is 2.04. The van der Waals surface area contributed by atoms with Gasteiger partial charge in [-0.25, -0.2) is 4.79 Å². The first-order valence-corrected chi connectivity index (χ1v) is 4.56. The van der Waals surface area contributed by atoms with Gasteiger partial charge in [-0.2, -0.15) is 0 Å². The molecule has 1 aromatic heterocycles. The molecule has 0 radical (unpaired) electrons. The van der Waals surface area contributed by atoms with Crippen LogP contribution in [0.2, 0.25) is 0 Å². The molecule has 0 aliphatic heterocycles. The minimum atomic E-state index is -1.06. The normalized spacial score (nSPS) is 12.7. The van der Waals surface area contributed by atoms with E-state index in [-0.39, 0.29) is 18.5 Å². The van der Waals surface area contributed by atoms with Crippen LogP contribution in [0.25, 0.3) is 0 Å². The van der Waals surface area contributed by atoms with Gasteiger partial charge in [-0.15, -0.1) is 0 Å². The Morgan fingerprint density at radius 3 is 3.00 bits per heavy atom. The van der Waals surface area contributed by atoms with Crippen LogP contribution >= 0.6 is 0 Å². The maximum atomic E-state index is 10.6. The van der Waals surface area contributed by atoms with Crippen LogP contribution in [0, 0.1) is 0 Å². The Labute approximate surface area is 82.5 Å². The second-order valence-electron chi connectivity index (χ2n) is 3.11. The number of hydrogen-bond donors (Lipinski definition) is 1. The molecule has 1 rings (SSSR count). The minimum Gasteiger partial charge on any atom is -0.475 e. The summed E-state index contributed by atoms with van der Waals surface area (Å²) in [5.74, 6) is -1.09. The van der Waals surface area contributed by atoms with E-state index in [4.69, 9.17) is 14.3 Å². The average Bonchev–Trinajstić information content (AvgIpc) is 2.62. The highest BCUT2D eigenvalue weighted by molar-refractivity contribution is 5.85. The number of rotatable bonds is 5. The van der Waals surface area contributed by atoms with Crippen molar-refractivity contribution in [3.05, 3.63) is 23.7 Å². The second-order valence-corrected chi connectivity index (χ2v) is 3.11. The maximum absolute atomic E-state index is 10.6. The van der Waals surface area contributed by atoms with Gasteiger partial charge in [0, 0.05) is 5.56 Å². The lowest BCUT2D eigenvalue weighted by molar-refractivity contribution is 0.0475. The Morgan fingerprint density at radius 1 is 1.71 bits per heavy atom. The molecule has 0 bridgehead atoms. The molecule has 1 unspecified atom stereocenters. The Morgan fingerprint density at radius 2 is 2.43 bits per heavy atom. The summed E-state index contributed by atoms with van der Waals surface area (Å²) >= 11 is 0. The second kappa shape index (κ2) is 4.81. The van der Waals surface area contributed by atoms with Crippen molar-refractivity contribution in [1.82, 2.24) is 0 Å². The molecule has 1 atom stereocenters. The lowest BCUT2D eigenvalue weighted by atomic mass is 10.2. The molecule has 1 aromatic rings. The fraction of sp³-hybridized carbons (Fsp3) is 0.500. The van der Waals surface area contributed by atoms with Gasteiger partial charge in [-0.3, -0.25) is 0 Å². The van der Waals surface area contributed by atoms with Crippen molar-refractivity contribution in [3.63, 3.8) is 0 Å². The summed E-state index contributed by atoms with van der Waals surface area (Å²) in [7, 11) is 0. The van der Waals surface area contributed by atoms with E-state index in [1.165, 1.54) is 6.26 Å². The average molecular weight is 198 g/mol. The third-order valence-electron chi connectivity index (χ3n) is 2.04. The van der Waals surface area contributed by atoms with E-state index >= 15 is 0 Å². The van der Waals surface area contributed by atoms with Gasteiger partial charge in [-0.1, -0.05) is 6.92 Å². The molecule has 0 aliphatic carbocycles. The molecular formula is C10H14O4. The van der Waals surface area contributed by atoms with Crippen LogP contribution in [0.5, 0.6) is 0 Å². The zero-order valence-corrected chi connectivity index (χ0v) is 8.32. The standard InChI is InChI=1S/C10H14O4/c1-3-7(2)14-6-8-4-5-13-9(8)10(11)12/h4-5,7H,3,6H2,1-2H3,(H,11,12). The molecule has 78 valence electrons. The molecule has 1 N–H and O–H groups in total. The number of carboxylic acid groups (broad SMARTS) is 1. The molecule has 0 aromatic carbocycles. The van der Waals surface area contributed by atoms with Gasteiger partial charge in [0.1, 0.15) is 0 Å². The molecule has 0 saturated carbocycles. The van der Waals surface area contributed by atoms with Gasteiger partial charge < -0.3 is 14.3 Å². The van der Waals surface area contributed by atoms with Crippen LogP contribution in [0.3, 0.4) is 0 Å². The highest BCUT2D eigenvalue weighted by Gasteiger charge is 2.14. The van der Waals surface area contributed by atoms with Crippen molar-refractivity contribution < 1.29 is 19.1 Å². The van der Waals surface area contributed by atoms with E-state index in [1.54, 1.807) is 6.07 Å². The van der Waals surface area contributed by atoms with Crippen molar-refractivity contribution in [2.24, 2.45) is 0 Å². The van der Waals surface area contributed by atoms with E-state index in [0.29, 0.717) is 5.56 Å². The summed E-state index contributed by atoms with van der Waals surface area (Å²) < 4.78 is 10.2. The predicted octanol–water partition coefficient (Wildman–Crippen LogP) is 2.29. The van der Waals surface area contributed by atoms with Crippen LogP contribution in [-0.4, -0.2) is 17.2 Å². The molecular weight excluding hydrogens is 184 g/mol. The molecule has 0 aliphatic rings. The van der Waals surface area contributed by atoms with Gasteiger partial charge in [-0.05, 0) is 19.4 Å². The Balaban J connectivity index is 2.58. The van der Waals surface area contributed by atoms with Gasteiger partial charge >= 0.3 is 5.97 Å². The van der Waals surface area contributed by atoms with Gasteiger partial charge in [0.15, 0.2) is 0 Å². The lowest BCUT2D eigenvalue weighted by Crippen LogP contribution is -2.08. The summed E-state index contributed by atoms with van der Waals surface area (Å²) in [4.78, 5) is 10.6. The lowest BCUT2D eigenvalue weighted by Gasteiger charge is -2.09. The fourth-order valence-corrected chi connectivity index (χ4v) is 0.987. The summed E-state index contributed by atoms with van der Waals surface area (Å²) in [5.41, 5.74) is 0.581. The van der Waals surface area contributed by atoms with Crippen LogP contribution in [0.4, 0.5) is 0 Å². The van der Waals surface area contributed by atoms with Crippen molar-refractivity contribution in [2.75, 3.05) is 0 Å². The molecule has 14 heavy (non-hydrogen) atoms. The molecule has 0 fully saturated rings. The van der Waals surface area contributed by atoms with Crippen molar-refractivity contribution in [1.29, 1.82) is 0 Å². The molecule has 0 spiro atoms.